The van der Waals surface area contributed by atoms with Crippen LogP contribution in [0, 0.1) is 6.92 Å². The third-order valence-electron chi connectivity index (χ3n) is 3.14. The lowest BCUT2D eigenvalue weighted by Gasteiger charge is -2.09. The Labute approximate surface area is 119 Å². The molecule has 110 valence electrons. The van der Waals surface area contributed by atoms with Crippen LogP contribution in [-0.4, -0.2) is 18.4 Å². The Bertz CT molecular complexity index is 472. The van der Waals surface area contributed by atoms with E-state index in [0.717, 1.165) is 36.9 Å². The highest BCUT2D eigenvalue weighted by molar-refractivity contribution is 5.95. The van der Waals surface area contributed by atoms with Crippen LogP contribution >= 0.6 is 0 Å². The maximum Gasteiger partial charge on any atom is 0.248 e. The predicted octanol–water partition coefficient (Wildman–Crippen LogP) is 1.94. The van der Waals surface area contributed by atoms with Crippen LogP contribution < -0.4 is 16.8 Å². The Balaban J connectivity index is 2.44. The topological polar surface area (TPSA) is 98.2 Å². The van der Waals surface area contributed by atoms with Crippen molar-refractivity contribution in [2.24, 2.45) is 11.5 Å². The van der Waals surface area contributed by atoms with Crippen LogP contribution in [0.25, 0.3) is 0 Å². The van der Waals surface area contributed by atoms with Gasteiger partial charge in [-0.15, -0.1) is 0 Å². The van der Waals surface area contributed by atoms with Crippen LogP contribution in [0.4, 0.5) is 5.69 Å². The minimum Gasteiger partial charge on any atom is -0.366 e. The fourth-order valence-corrected chi connectivity index (χ4v) is 1.95. The van der Waals surface area contributed by atoms with Crippen molar-refractivity contribution in [2.75, 3.05) is 11.9 Å². The quantitative estimate of drug-likeness (QED) is 0.633. The number of benzene rings is 1. The molecule has 0 heterocycles. The molecule has 0 aliphatic rings. The number of unbranched alkanes of at least 4 members (excludes halogenated alkanes) is 3. The Morgan fingerprint density at radius 1 is 1.15 bits per heavy atom. The lowest BCUT2D eigenvalue weighted by molar-refractivity contribution is -0.116. The third kappa shape index (κ3) is 5.40. The van der Waals surface area contributed by atoms with E-state index in [-0.39, 0.29) is 5.91 Å². The molecule has 20 heavy (non-hydrogen) atoms. The van der Waals surface area contributed by atoms with Gasteiger partial charge in [0.05, 0.1) is 0 Å². The summed E-state index contributed by atoms with van der Waals surface area (Å²) in [5.41, 5.74) is 12.6. The minimum absolute atomic E-state index is 0.00678. The Hall–Kier alpha value is -1.88. The largest absolute Gasteiger partial charge is 0.366 e. The summed E-state index contributed by atoms with van der Waals surface area (Å²) < 4.78 is 0. The van der Waals surface area contributed by atoms with Gasteiger partial charge in [-0.3, -0.25) is 9.59 Å². The van der Waals surface area contributed by atoms with Crippen molar-refractivity contribution < 1.29 is 9.59 Å². The molecule has 5 nitrogen and oxygen atoms in total. The van der Waals surface area contributed by atoms with Gasteiger partial charge in [-0.2, -0.15) is 0 Å². The van der Waals surface area contributed by atoms with Crippen LogP contribution in [-0.2, 0) is 4.79 Å². The molecule has 0 bridgehead atoms. The second-order valence-corrected chi connectivity index (χ2v) is 4.90. The summed E-state index contributed by atoms with van der Waals surface area (Å²) in [7, 11) is 0. The van der Waals surface area contributed by atoms with E-state index in [1.165, 1.54) is 0 Å². The molecule has 0 aliphatic heterocycles. The smallest absolute Gasteiger partial charge is 0.248 e. The maximum absolute atomic E-state index is 11.8. The average Bonchev–Trinajstić information content (AvgIpc) is 2.40. The zero-order chi connectivity index (χ0) is 15.0. The molecule has 5 N–H and O–H groups in total. The SMILES string of the molecule is Cc1cc(C(N)=O)ccc1NC(=O)CCCCCCN. The second-order valence-electron chi connectivity index (χ2n) is 4.90. The van der Waals surface area contributed by atoms with Gasteiger partial charge in [0.1, 0.15) is 0 Å². The minimum atomic E-state index is -0.467. The van der Waals surface area contributed by atoms with Gasteiger partial charge in [-0.05, 0) is 50.1 Å². The normalized spacial score (nSPS) is 10.3. The second kappa shape index (κ2) is 8.32. The number of amides is 2. The van der Waals surface area contributed by atoms with Crippen molar-refractivity contribution in [1.29, 1.82) is 0 Å². The molecule has 0 fully saturated rings. The Morgan fingerprint density at radius 3 is 2.45 bits per heavy atom. The van der Waals surface area contributed by atoms with Crippen molar-refractivity contribution in [2.45, 2.75) is 39.0 Å². The zero-order valence-corrected chi connectivity index (χ0v) is 11.9. The van der Waals surface area contributed by atoms with E-state index in [2.05, 4.69) is 5.32 Å². The van der Waals surface area contributed by atoms with Gasteiger partial charge in [-0.25, -0.2) is 0 Å². The number of nitrogens with two attached hydrogens (primary N) is 2. The molecule has 0 spiro atoms. The molecule has 2 amide bonds. The highest BCUT2D eigenvalue weighted by Gasteiger charge is 2.07. The highest BCUT2D eigenvalue weighted by atomic mass is 16.1. The molecule has 0 saturated carbocycles. The molecule has 1 rings (SSSR count). The molecule has 0 radical (unpaired) electrons. The maximum atomic E-state index is 11.8. The van der Waals surface area contributed by atoms with Crippen molar-refractivity contribution in [1.82, 2.24) is 0 Å². The first-order valence-corrected chi connectivity index (χ1v) is 6.95. The monoisotopic (exact) mass is 277 g/mol. The first-order chi connectivity index (χ1) is 9.54. The van der Waals surface area contributed by atoms with Crippen LogP contribution in [0.2, 0.25) is 0 Å². The number of carbonyl (C=O) groups is 2. The lowest BCUT2D eigenvalue weighted by atomic mass is 10.1. The van der Waals surface area contributed by atoms with Gasteiger partial charge in [0, 0.05) is 17.7 Å². The van der Waals surface area contributed by atoms with Crippen LogP contribution in [0.3, 0.4) is 0 Å². The van der Waals surface area contributed by atoms with Gasteiger partial charge in [0.2, 0.25) is 11.8 Å². The molecule has 0 saturated heterocycles. The van der Waals surface area contributed by atoms with E-state index in [1.807, 2.05) is 6.92 Å². The molecule has 0 atom stereocenters. The first kappa shape index (κ1) is 16.2. The third-order valence-corrected chi connectivity index (χ3v) is 3.14. The molecule has 0 aliphatic carbocycles. The van der Waals surface area contributed by atoms with Crippen LogP contribution in [0.15, 0.2) is 18.2 Å². The predicted molar refractivity (Wildman–Crippen MR) is 80.5 cm³/mol. The number of hydrogen-bond donors (Lipinski definition) is 3. The van der Waals surface area contributed by atoms with Crippen LogP contribution in [0.5, 0.6) is 0 Å². The number of primary amides is 1. The van der Waals surface area contributed by atoms with Gasteiger partial charge >= 0.3 is 0 Å². The van der Waals surface area contributed by atoms with Crippen molar-refractivity contribution in [3.8, 4) is 0 Å². The van der Waals surface area contributed by atoms with Gasteiger partial charge < -0.3 is 16.8 Å². The van der Waals surface area contributed by atoms with E-state index in [0.29, 0.717) is 18.5 Å². The molecule has 1 aromatic rings. The summed E-state index contributed by atoms with van der Waals surface area (Å²) in [4.78, 5) is 22.8. The molecular formula is C15H23N3O2. The number of aryl methyl sites for hydroxylation is 1. The van der Waals surface area contributed by atoms with Crippen molar-refractivity contribution in [3.63, 3.8) is 0 Å². The number of hydrogen-bond acceptors (Lipinski definition) is 3. The standard InChI is InChI=1S/C15H23N3O2/c1-11-10-12(15(17)20)7-8-13(11)18-14(19)6-4-2-3-5-9-16/h7-8,10H,2-6,9,16H2,1H3,(H2,17,20)(H,18,19). The summed E-state index contributed by atoms with van der Waals surface area (Å²) >= 11 is 0. The zero-order valence-electron chi connectivity index (χ0n) is 11.9. The summed E-state index contributed by atoms with van der Waals surface area (Å²) in [5.74, 6) is -0.474. The molecule has 0 aromatic heterocycles. The van der Waals surface area contributed by atoms with Crippen LogP contribution in [0.1, 0.15) is 48.0 Å². The molecule has 0 unspecified atom stereocenters. The van der Waals surface area contributed by atoms with E-state index in [1.54, 1.807) is 18.2 Å². The highest BCUT2D eigenvalue weighted by Crippen LogP contribution is 2.17. The van der Waals surface area contributed by atoms with Gasteiger partial charge in [0.15, 0.2) is 0 Å². The van der Waals surface area contributed by atoms with E-state index < -0.39 is 5.91 Å². The average molecular weight is 277 g/mol. The van der Waals surface area contributed by atoms with E-state index in [9.17, 15) is 9.59 Å². The van der Waals surface area contributed by atoms with E-state index >= 15 is 0 Å². The Kier molecular flexibility index (Phi) is 6.73. The van der Waals surface area contributed by atoms with Crippen molar-refractivity contribution in [3.05, 3.63) is 29.3 Å². The van der Waals surface area contributed by atoms with E-state index in [4.69, 9.17) is 11.5 Å². The number of carbonyl (C=O) groups excluding carboxylic acids is 2. The summed E-state index contributed by atoms with van der Waals surface area (Å²) in [6.45, 7) is 2.54. The Morgan fingerprint density at radius 2 is 1.85 bits per heavy atom. The fourth-order valence-electron chi connectivity index (χ4n) is 1.95. The fraction of sp³-hybridized carbons (Fsp3) is 0.467. The van der Waals surface area contributed by atoms with Crippen molar-refractivity contribution >= 4 is 17.5 Å². The summed E-state index contributed by atoms with van der Waals surface area (Å²) in [6, 6.07) is 5.01. The number of rotatable bonds is 8. The van der Waals surface area contributed by atoms with Gasteiger partial charge in [0.25, 0.3) is 0 Å². The summed E-state index contributed by atoms with van der Waals surface area (Å²) in [5, 5.41) is 2.85. The number of nitrogens with one attached hydrogen (secondary N) is 1. The van der Waals surface area contributed by atoms with Gasteiger partial charge in [-0.1, -0.05) is 12.8 Å². The number of anilines is 1. The molecule has 1 aromatic carbocycles. The first-order valence-electron chi connectivity index (χ1n) is 6.95. The lowest BCUT2D eigenvalue weighted by Crippen LogP contribution is -2.14. The summed E-state index contributed by atoms with van der Waals surface area (Å²) in [6.07, 6.45) is 4.46. The molecular weight excluding hydrogens is 254 g/mol. The molecule has 5 heteroatoms.